The Hall–Kier alpha value is -0.980. The van der Waals surface area contributed by atoms with Crippen molar-refractivity contribution in [3.05, 3.63) is 10.6 Å². The lowest BCUT2D eigenvalue weighted by Crippen LogP contribution is -2.27. The second-order valence-corrected chi connectivity index (χ2v) is 7.29. The molecule has 1 rings (SSSR count). The van der Waals surface area contributed by atoms with Gasteiger partial charge in [-0.3, -0.25) is 5.21 Å². The lowest BCUT2D eigenvalue weighted by atomic mass is 9.75. The summed E-state index contributed by atoms with van der Waals surface area (Å²) < 4.78 is 4.54. The van der Waals surface area contributed by atoms with Gasteiger partial charge in [-0.25, -0.2) is 10.5 Å². The van der Waals surface area contributed by atoms with E-state index in [-0.39, 0.29) is 10.8 Å². The van der Waals surface area contributed by atoms with Gasteiger partial charge in [0.05, 0.1) is 5.69 Å². The van der Waals surface area contributed by atoms with Gasteiger partial charge >= 0.3 is 0 Å². The van der Waals surface area contributed by atoms with Gasteiger partial charge in [-0.05, 0) is 20.3 Å². The molecule has 1 aromatic heterocycles. The maximum atomic E-state index is 11.0. The molecule has 0 bridgehead atoms. The Balaban J connectivity index is 0.000000885. The molecule has 2 N–H and O–H groups in total. The first-order valence-electron chi connectivity index (χ1n) is 6.96. The van der Waals surface area contributed by atoms with Gasteiger partial charge in [-0.15, -0.1) is 0 Å². The molecule has 0 aliphatic rings. The highest BCUT2D eigenvalue weighted by Crippen LogP contribution is 2.40. The number of carbonyl (C=O) groups is 1. The summed E-state index contributed by atoms with van der Waals surface area (Å²) in [5.41, 5.74) is 2.48. The molecule has 0 aromatic carbocycles. The Morgan fingerprint density at radius 1 is 1.38 bits per heavy atom. The molecule has 1 aromatic rings. The number of methoxy groups -OCH3 is 1. The molecule has 5 nitrogen and oxygen atoms in total. The minimum absolute atomic E-state index is 0.138. The zero-order chi connectivity index (χ0) is 16.7. The number of aldehydes is 1. The number of rotatable bonds is 6. The summed E-state index contributed by atoms with van der Waals surface area (Å²) in [6.07, 6.45) is 1.74. The molecular formula is C15H28N2O3S. The number of thiazole rings is 1. The number of carbonyl (C=O) groups excluding carboxylic acids is 1. The van der Waals surface area contributed by atoms with E-state index in [0.29, 0.717) is 5.13 Å². The van der Waals surface area contributed by atoms with Crippen molar-refractivity contribution in [2.75, 3.05) is 19.2 Å². The summed E-state index contributed by atoms with van der Waals surface area (Å²) in [6, 6.07) is 0. The zero-order valence-electron chi connectivity index (χ0n) is 14.1. The number of aryl methyl sites for hydroxylation is 1. The maximum Gasteiger partial charge on any atom is 0.207 e. The predicted octanol–water partition coefficient (Wildman–Crippen LogP) is 3.80. The fourth-order valence-corrected chi connectivity index (χ4v) is 3.30. The van der Waals surface area contributed by atoms with E-state index in [4.69, 9.17) is 5.21 Å². The zero-order valence-corrected chi connectivity index (χ0v) is 14.9. The third-order valence-corrected chi connectivity index (χ3v) is 4.44. The van der Waals surface area contributed by atoms with E-state index in [1.165, 1.54) is 11.3 Å². The lowest BCUT2D eigenvalue weighted by molar-refractivity contribution is -0.115. The van der Waals surface area contributed by atoms with Gasteiger partial charge in [0.25, 0.3) is 0 Å². The third-order valence-electron chi connectivity index (χ3n) is 3.01. The van der Waals surface area contributed by atoms with Crippen LogP contribution >= 0.6 is 11.3 Å². The number of hydrogen-bond acceptors (Lipinski definition) is 6. The Morgan fingerprint density at radius 2 is 1.90 bits per heavy atom. The van der Waals surface area contributed by atoms with Gasteiger partial charge < -0.3 is 9.53 Å². The predicted molar refractivity (Wildman–Crippen MR) is 87.3 cm³/mol. The second-order valence-electron chi connectivity index (χ2n) is 6.29. The maximum absolute atomic E-state index is 11.0. The van der Waals surface area contributed by atoms with Crippen molar-refractivity contribution in [2.45, 2.75) is 53.4 Å². The molecule has 122 valence electrons. The summed E-state index contributed by atoms with van der Waals surface area (Å²) in [7, 11) is 1.68. The van der Waals surface area contributed by atoms with Gasteiger partial charge in [0, 0.05) is 29.4 Å². The van der Waals surface area contributed by atoms with Crippen LogP contribution < -0.4 is 5.48 Å². The quantitative estimate of drug-likeness (QED) is 0.617. The Kier molecular flexibility index (Phi) is 8.06. The number of ether oxygens (including phenoxy) is 1. The fraction of sp³-hybridized carbons (Fsp3) is 0.733. The molecule has 0 spiro atoms. The fourth-order valence-electron chi connectivity index (χ4n) is 2.33. The molecule has 0 saturated heterocycles. The normalized spacial score (nSPS) is 11.6. The molecule has 0 aliphatic carbocycles. The summed E-state index contributed by atoms with van der Waals surface area (Å²) in [5, 5.41) is 9.36. The third kappa shape index (κ3) is 6.54. The first kappa shape index (κ1) is 20.0. The van der Waals surface area contributed by atoms with Gasteiger partial charge in [0.2, 0.25) is 5.13 Å². The van der Waals surface area contributed by atoms with E-state index in [0.717, 1.165) is 29.9 Å². The Morgan fingerprint density at radius 3 is 2.24 bits per heavy atom. The van der Waals surface area contributed by atoms with E-state index in [1.807, 2.05) is 27.7 Å². The van der Waals surface area contributed by atoms with Crippen molar-refractivity contribution in [2.24, 2.45) is 5.41 Å². The minimum atomic E-state index is -0.354. The summed E-state index contributed by atoms with van der Waals surface area (Å²) in [4.78, 5) is 16.3. The van der Waals surface area contributed by atoms with Crippen LogP contribution in [0.4, 0.5) is 5.13 Å². The van der Waals surface area contributed by atoms with E-state index >= 15 is 0 Å². The Labute approximate surface area is 131 Å². The largest absolute Gasteiger partial charge is 0.385 e. The van der Waals surface area contributed by atoms with Crippen LogP contribution in [0.5, 0.6) is 0 Å². The number of hydrogen-bond donors (Lipinski definition) is 2. The van der Waals surface area contributed by atoms with Crippen molar-refractivity contribution >= 4 is 22.8 Å². The summed E-state index contributed by atoms with van der Waals surface area (Å²) >= 11 is 1.43. The van der Waals surface area contributed by atoms with Crippen LogP contribution in [0.2, 0.25) is 0 Å². The molecule has 0 aliphatic heterocycles. The first-order valence-corrected chi connectivity index (χ1v) is 7.78. The van der Waals surface area contributed by atoms with Gasteiger partial charge in [-0.1, -0.05) is 39.0 Å². The second kappa shape index (κ2) is 8.46. The highest BCUT2D eigenvalue weighted by atomic mass is 32.1. The van der Waals surface area contributed by atoms with Crippen LogP contribution in [0.1, 0.15) is 51.6 Å². The molecule has 21 heavy (non-hydrogen) atoms. The van der Waals surface area contributed by atoms with Gasteiger partial charge in [-0.2, -0.15) is 0 Å². The number of nitrogens with one attached hydrogen (secondary N) is 1. The molecular weight excluding hydrogens is 288 g/mol. The van der Waals surface area contributed by atoms with Crippen LogP contribution in [0, 0.1) is 12.3 Å². The van der Waals surface area contributed by atoms with Crippen LogP contribution in [0.15, 0.2) is 0 Å². The van der Waals surface area contributed by atoms with E-state index in [9.17, 15) is 4.79 Å². The molecule has 1 heterocycles. The smallest absolute Gasteiger partial charge is 0.207 e. The highest BCUT2D eigenvalue weighted by Gasteiger charge is 2.33. The van der Waals surface area contributed by atoms with Crippen LogP contribution in [0.3, 0.4) is 0 Å². The van der Waals surface area contributed by atoms with Crippen molar-refractivity contribution in [3.63, 3.8) is 0 Å². The monoisotopic (exact) mass is 316 g/mol. The van der Waals surface area contributed by atoms with Gasteiger partial charge in [0.15, 0.2) is 0 Å². The summed E-state index contributed by atoms with van der Waals surface area (Å²) in [5.74, 6) is 0. The number of aromatic nitrogens is 1. The first-order chi connectivity index (χ1) is 9.63. The Bertz CT molecular complexity index is 440. The molecule has 6 heteroatoms. The van der Waals surface area contributed by atoms with E-state index in [2.05, 4.69) is 29.0 Å². The SMILES string of the molecule is CCOC.Cc1nc(NO)sc1C(C)(C)CC(C)(C)C=O. The van der Waals surface area contributed by atoms with Crippen molar-refractivity contribution < 1.29 is 14.7 Å². The van der Waals surface area contributed by atoms with Gasteiger partial charge in [0.1, 0.15) is 6.29 Å². The molecule has 0 amide bonds. The van der Waals surface area contributed by atoms with Crippen molar-refractivity contribution in [3.8, 4) is 0 Å². The van der Waals surface area contributed by atoms with E-state index in [1.54, 1.807) is 7.11 Å². The van der Waals surface area contributed by atoms with Crippen LogP contribution in [-0.4, -0.2) is 30.2 Å². The summed E-state index contributed by atoms with van der Waals surface area (Å²) in [6.45, 7) is 12.8. The van der Waals surface area contributed by atoms with E-state index < -0.39 is 0 Å². The molecule has 0 atom stereocenters. The standard InChI is InChI=1S/C12H20N2O2S.C3H8O/c1-8-9(17-10(13-8)14-16)12(4,5)6-11(2,3)7-15;1-3-4-2/h7,16H,6H2,1-5H3,(H,13,14);3H2,1-2H3. The number of nitrogens with zero attached hydrogens (tertiary/aromatic N) is 1. The molecule has 0 unspecified atom stereocenters. The van der Waals surface area contributed by atoms with Crippen LogP contribution in [-0.2, 0) is 14.9 Å². The topological polar surface area (TPSA) is 71.4 Å². The molecule has 0 saturated carbocycles. The average Bonchev–Trinajstić information content (AvgIpc) is 2.80. The van der Waals surface area contributed by atoms with Crippen LogP contribution in [0.25, 0.3) is 0 Å². The average molecular weight is 316 g/mol. The molecule has 0 radical (unpaired) electrons. The highest BCUT2D eigenvalue weighted by molar-refractivity contribution is 7.15. The molecule has 0 fully saturated rings. The van der Waals surface area contributed by atoms with Crippen molar-refractivity contribution in [1.29, 1.82) is 0 Å². The lowest BCUT2D eigenvalue weighted by Gasteiger charge is -2.30. The minimum Gasteiger partial charge on any atom is -0.385 e. The van der Waals surface area contributed by atoms with Crippen molar-refractivity contribution in [1.82, 2.24) is 4.98 Å². The number of anilines is 1.